The van der Waals surface area contributed by atoms with E-state index >= 15 is 0 Å². The Morgan fingerprint density at radius 2 is 1.58 bits per heavy atom. The molecule has 24 heavy (non-hydrogen) atoms. The van der Waals surface area contributed by atoms with Gasteiger partial charge < -0.3 is 0 Å². The Labute approximate surface area is 142 Å². The smallest absolute Gasteiger partial charge is 0.225 e. The summed E-state index contributed by atoms with van der Waals surface area (Å²) >= 11 is 0. The predicted molar refractivity (Wildman–Crippen MR) is 92.4 cm³/mol. The van der Waals surface area contributed by atoms with Crippen molar-refractivity contribution < 1.29 is 16.8 Å². The summed E-state index contributed by atoms with van der Waals surface area (Å²) in [6.07, 6.45) is 0.904. The number of rotatable bonds is 6. The molecule has 1 atom stereocenters. The second kappa shape index (κ2) is 7.02. The van der Waals surface area contributed by atoms with Crippen molar-refractivity contribution in [2.24, 2.45) is 5.14 Å². The Hall–Kier alpha value is -1.74. The molecule has 0 spiro atoms. The molecule has 8 heteroatoms. The molecule has 0 amide bonds. The van der Waals surface area contributed by atoms with E-state index < -0.39 is 26.1 Å². The molecule has 2 rings (SSSR count). The lowest BCUT2D eigenvalue weighted by Crippen LogP contribution is -2.27. The summed E-state index contributed by atoms with van der Waals surface area (Å²) in [6, 6.07) is 12.1. The molecule has 0 aliphatic carbocycles. The predicted octanol–water partition coefficient (Wildman–Crippen LogP) is 1.94. The number of hydrogen-bond donors (Lipinski definition) is 2. The minimum atomic E-state index is -3.97. The monoisotopic (exact) mass is 368 g/mol. The molecule has 6 nitrogen and oxygen atoms in total. The van der Waals surface area contributed by atoms with E-state index in [4.69, 9.17) is 5.14 Å². The first-order valence-corrected chi connectivity index (χ1v) is 10.4. The van der Waals surface area contributed by atoms with Crippen LogP contribution in [0.5, 0.6) is 0 Å². The Morgan fingerprint density at radius 1 is 1.00 bits per heavy atom. The first kappa shape index (κ1) is 18.6. The van der Waals surface area contributed by atoms with Crippen LogP contribution in [0, 0.1) is 0 Å². The fraction of sp³-hybridized carbons (Fsp3) is 0.250. The fourth-order valence-electron chi connectivity index (χ4n) is 2.23. The largest absolute Gasteiger partial charge is 0.241 e. The zero-order valence-corrected chi connectivity index (χ0v) is 15.1. The van der Waals surface area contributed by atoms with Gasteiger partial charge in [-0.15, -0.1) is 0 Å². The lowest BCUT2D eigenvalue weighted by molar-refractivity contribution is 0.566. The van der Waals surface area contributed by atoms with Crippen LogP contribution >= 0.6 is 0 Å². The summed E-state index contributed by atoms with van der Waals surface area (Å²) < 4.78 is 50.2. The lowest BCUT2D eigenvalue weighted by atomic mass is 10.1. The maximum atomic E-state index is 12.5. The van der Waals surface area contributed by atoms with Gasteiger partial charge in [0.05, 0.1) is 9.79 Å². The second-order valence-corrected chi connectivity index (χ2v) is 8.73. The van der Waals surface area contributed by atoms with Crippen LogP contribution in [0.25, 0.3) is 0 Å². The molecule has 0 saturated carbocycles. The number of nitrogens with two attached hydrogens (primary N) is 1. The third-order valence-corrected chi connectivity index (χ3v) is 6.11. The minimum Gasteiger partial charge on any atom is -0.225 e. The van der Waals surface area contributed by atoms with Gasteiger partial charge in [-0.2, -0.15) is 0 Å². The molecule has 0 aromatic heterocycles. The summed E-state index contributed by atoms with van der Waals surface area (Å²) in [7, 11) is -7.84. The van der Waals surface area contributed by atoms with Gasteiger partial charge >= 0.3 is 0 Å². The van der Waals surface area contributed by atoms with Gasteiger partial charge in [-0.1, -0.05) is 37.3 Å². The molecule has 0 bridgehead atoms. The molecule has 130 valence electrons. The van der Waals surface area contributed by atoms with E-state index in [1.807, 2.05) is 31.2 Å². The highest BCUT2D eigenvalue weighted by atomic mass is 32.2. The summed E-state index contributed by atoms with van der Waals surface area (Å²) in [6.45, 7) is 3.77. The highest BCUT2D eigenvalue weighted by Gasteiger charge is 2.20. The topological polar surface area (TPSA) is 106 Å². The lowest BCUT2D eigenvalue weighted by Gasteiger charge is -2.15. The highest BCUT2D eigenvalue weighted by molar-refractivity contribution is 7.90. The van der Waals surface area contributed by atoms with Crippen molar-refractivity contribution in [3.05, 3.63) is 59.7 Å². The first-order chi connectivity index (χ1) is 11.1. The number of hydrogen-bond acceptors (Lipinski definition) is 4. The van der Waals surface area contributed by atoms with Crippen LogP contribution in [-0.2, 0) is 26.5 Å². The molecule has 2 aromatic carbocycles. The van der Waals surface area contributed by atoms with Crippen molar-refractivity contribution in [3.8, 4) is 0 Å². The average molecular weight is 368 g/mol. The van der Waals surface area contributed by atoms with Crippen LogP contribution in [0.4, 0.5) is 0 Å². The molecular formula is C16H20N2O4S2. The summed E-state index contributed by atoms with van der Waals surface area (Å²) in [5, 5.41) is 5.05. The number of aryl methyl sites for hydroxylation is 1. The third kappa shape index (κ3) is 4.41. The van der Waals surface area contributed by atoms with E-state index in [1.165, 1.54) is 18.2 Å². The zero-order valence-electron chi connectivity index (χ0n) is 13.4. The quantitative estimate of drug-likeness (QED) is 0.812. The van der Waals surface area contributed by atoms with Crippen molar-refractivity contribution in [1.82, 2.24) is 4.72 Å². The van der Waals surface area contributed by atoms with Gasteiger partial charge in [-0.25, -0.2) is 26.7 Å². The molecular weight excluding hydrogens is 348 g/mol. The summed E-state index contributed by atoms with van der Waals surface area (Å²) in [4.78, 5) is -0.392. The molecule has 0 fully saturated rings. The van der Waals surface area contributed by atoms with Crippen LogP contribution in [-0.4, -0.2) is 16.8 Å². The van der Waals surface area contributed by atoms with Crippen LogP contribution < -0.4 is 9.86 Å². The van der Waals surface area contributed by atoms with E-state index in [1.54, 1.807) is 6.92 Å². The van der Waals surface area contributed by atoms with Gasteiger partial charge in [-0.05, 0) is 42.7 Å². The Morgan fingerprint density at radius 3 is 2.12 bits per heavy atom. The number of nitrogens with one attached hydrogen (secondary N) is 1. The van der Waals surface area contributed by atoms with Crippen molar-refractivity contribution in [2.45, 2.75) is 36.1 Å². The molecule has 2 aromatic rings. The van der Waals surface area contributed by atoms with Gasteiger partial charge in [0.2, 0.25) is 20.0 Å². The van der Waals surface area contributed by atoms with Crippen molar-refractivity contribution >= 4 is 20.0 Å². The summed E-state index contributed by atoms with van der Waals surface area (Å²) in [5.41, 5.74) is 1.98. The number of primary sulfonamides is 1. The Kier molecular flexibility index (Phi) is 5.44. The normalized spacial score (nSPS) is 13.6. The van der Waals surface area contributed by atoms with Gasteiger partial charge in [-0.3, -0.25) is 0 Å². The van der Waals surface area contributed by atoms with E-state index in [9.17, 15) is 16.8 Å². The average Bonchev–Trinajstić information content (AvgIpc) is 2.54. The fourth-order valence-corrected chi connectivity index (χ4v) is 4.14. The van der Waals surface area contributed by atoms with E-state index in [2.05, 4.69) is 4.72 Å². The number of sulfonamides is 2. The van der Waals surface area contributed by atoms with Crippen molar-refractivity contribution in [2.75, 3.05) is 0 Å². The van der Waals surface area contributed by atoms with E-state index in [0.29, 0.717) is 0 Å². The first-order valence-electron chi connectivity index (χ1n) is 7.37. The Balaban J connectivity index is 2.27. The van der Waals surface area contributed by atoms with Crippen LogP contribution in [0.2, 0.25) is 0 Å². The van der Waals surface area contributed by atoms with Crippen molar-refractivity contribution in [1.29, 1.82) is 0 Å². The maximum Gasteiger partial charge on any atom is 0.241 e. The molecule has 0 radical (unpaired) electrons. The van der Waals surface area contributed by atoms with E-state index in [0.717, 1.165) is 23.6 Å². The molecule has 3 N–H and O–H groups in total. The van der Waals surface area contributed by atoms with Crippen LogP contribution in [0.15, 0.2) is 58.3 Å². The van der Waals surface area contributed by atoms with Crippen molar-refractivity contribution in [3.63, 3.8) is 0 Å². The summed E-state index contributed by atoms with van der Waals surface area (Å²) in [5.74, 6) is 0. The number of benzene rings is 2. The van der Waals surface area contributed by atoms with E-state index in [-0.39, 0.29) is 9.79 Å². The minimum absolute atomic E-state index is 0.147. The van der Waals surface area contributed by atoms with Crippen LogP contribution in [0.3, 0.4) is 0 Å². The zero-order chi connectivity index (χ0) is 18.0. The SMILES string of the molecule is CCc1ccc(C(C)NS(=O)(=O)c2cccc(S(N)(=O)=O)c2)cc1. The highest BCUT2D eigenvalue weighted by Crippen LogP contribution is 2.19. The molecule has 0 aliphatic rings. The third-order valence-electron chi connectivity index (χ3n) is 3.66. The van der Waals surface area contributed by atoms with Crippen LogP contribution in [0.1, 0.15) is 31.0 Å². The van der Waals surface area contributed by atoms with Gasteiger partial charge in [0.25, 0.3) is 0 Å². The molecule has 0 heterocycles. The molecule has 0 saturated heterocycles. The van der Waals surface area contributed by atoms with Gasteiger partial charge in [0, 0.05) is 6.04 Å². The van der Waals surface area contributed by atoms with Gasteiger partial charge in [0.1, 0.15) is 0 Å². The molecule has 0 aliphatic heterocycles. The standard InChI is InChI=1S/C16H20N2O4S2/c1-3-13-7-9-14(10-8-13)12(2)18-24(21,22)16-6-4-5-15(11-16)23(17,19)20/h4-12,18H,3H2,1-2H3,(H2,17,19,20). The van der Waals surface area contributed by atoms with Gasteiger partial charge in [0.15, 0.2) is 0 Å². The maximum absolute atomic E-state index is 12.5. The second-order valence-electron chi connectivity index (χ2n) is 5.46. The molecule has 1 unspecified atom stereocenters. The Bertz CT molecular complexity index is 921.